The second-order valence-corrected chi connectivity index (χ2v) is 17.4. The lowest BCUT2D eigenvalue weighted by Crippen LogP contribution is -2.54. The molecule has 0 spiro atoms. The highest BCUT2D eigenvalue weighted by atomic mass is 32.1. The predicted octanol–water partition coefficient (Wildman–Crippen LogP) is 5.03. The van der Waals surface area contributed by atoms with Gasteiger partial charge in [0.05, 0.1) is 0 Å². The largest absolute Gasteiger partial charge is 0.412 e. The summed E-state index contributed by atoms with van der Waals surface area (Å²) in [6, 6.07) is 32.0. The monoisotopic (exact) mass is 878 g/mol. The molecule has 0 saturated carbocycles. The highest BCUT2D eigenvalue weighted by Crippen LogP contribution is 2.36. The number of benzene rings is 4. The first-order valence-corrected chi connectivity index (χ1v) is 20.9. The van der Waals surface area contributed by atoms with Crippen LogP contribution in [-0.4, -0.2) is 95.5 Å². The number of halogens is 2. The van der Waals surface area contributed by atoms with Crippen molar-refractivity contribution < 1.29 is 64.6 Å². The summed E-state index contributed by atoms with van der Waals surface area (Å²) in [5, 5.41) is 79.6. The molecule has 324 valence electrons. The standard InChI is InChI=1S/2C23H23FO5S.H2O/c2*1-12-2-3-14(22-20(26)19(25)21(27)23(28)29-22)10-15(12)11-17-8-9-18(30-17)13-4-6-16(24)7-5-13;/h2*2-10,19-23,25-28H,11H2,1H3;1H2/t2*19-,20-,21+,22+,23+;/m11./s1. The highest BCUT2D eigenvalue weighted by Gasteiger charge is 2.44. The minimum atomic E-state index is -1.58. The molecule has 0 aliphatic carbocycles. The normalized spacial score (nSPS) is 26.2. The Morgan fingerprint density at radius 1 is 0.459 bits per heavy atom. The Balaban J connectivity index is 0.000000201. The van der Waals surface area contributed by atoms with Crippen molar-refractivity contribution in [2.75, 3.05) is 0 Å². The van der Waals surface area contributed by atoms with Gasteiger partial charge in [-0.25, -0.2) is 8.78 Å². The van der Waals surface area contributed by atoms with E-state index in [1.54, 1.807) is 59.1 Å². The summed E-state index contributed by atoms with van der Waals surface area (Å²) in [7, 11) is 0. The molecule has 15 heteroatoms. The zero-order valence-corrected chi connectivity index (χ0v) is 34.7. The number of hydrogen-bond donors (Lipinski definition) is 8. The van der Waals surface area contributed by atoms with E-state index in [0.717, 1.165) is 52.9 Å². The summed E-state index contributed by atoms with van der Waals surface area (Å²) in [5.74, 6) is -0.532. The maximum absolute atomic E-state index is 13.2. The Morgan fingerprint density at radius 3 is 1.18 bits per heavy atom. The quantitative estimate of drug-likeness (QED) is 0.102. The molecular formula is C46H48F2O11S2. The van der Waals surface area contributed by atoms with Gasteiger partial charge in [0.2, 0.25) is 0 Å². The number of aliphatic hydroxyl groups excluding tert-OH is 8. The van der Waals surface area contributed by atoms with Crippen molar-refractivity contribution in [2.24, 2.45) is 0 Å². The fourth-order valence-electron chi connectivity index (χ4n) is 7.25. The van der Waals surface area contributed by atoms with E-state index in [2.05, 4.69) is 0 Å². The number of hydrogen-bond acceptors (Lipinski definition) is 12. The van der Waals surface area contributed by atoms with Crippen LogP contribution in [0.2, 0.25) is 0 Å². The van der Waals surface area contributed by atoms with Gasteiger partial charge in [-0.1, -0.05) is 60.7 Å². The van der Waals surface area contributed by atoms with Crippen molar-refractivity contribution in [3.63, 3.8) is 0 Å². The van der Waals surface area contributed by atoms with E-state index >= 15 is 0 Å². The molecule has 8 rings (SSSR count). The molecule has 10 N–H and O–H groups in total. The maximum atomic E-state index is 13.2. The summed E-state index contributed by atoms with van der Waals surface area (Å²) in [6.07, 6.45) is -12.6. The summed E-state index contributed by atoms with van der Waals surface area (Å²) < 4.78 is 37.0. The molecule has 2 aliphatic heterocycles. The minimum absolute atomic E-state index is 0. The van der Waals surface area contributed by atoms with Gasteiger partial charge in [0.25, 0.3) is 0 Å². The van der Waals surface area contributed by atoms with E-state index in [9.17, 15) is 49.6 Å². The van der Waals surface area contributed by atoms with Gasteiger partial charge in [-0.15, -0.1) is 22.7 Å². The molecular weight excluding hydrogens is 831 g/mol. The molecule has 2 aromatic heterocycles. The Bertz CT molecular complexity index is 2210. The van der Waals surface area contributed by atoms with E-state index in [0.29, 0.717) is 24.0 Å². The molecule has 0 amide bonds. The van der Waals surface area contributed by atoms with Crippen LogP contribution >= 0.6 is 22.7 Å². The molecule has 0 unspecified atom stereocenters. The van der Waals surface area contributed by atoms with Gasteiger partial charge in [-0.2, -0.15) is 0 Å². The lowest BCUT2D eigenvalue weighted by molar-refractivity contribution is -0.284. The van der Waals surface area contributed by atoms with Crippen molar-refractivity contribution in [3.05, 3.63) is 164 Å². The number of aliphatic hydroxyl groups is 8. The molecule has 2 aliphatic rings. The second kappa shape index (κ2) is 19.8. The molecule has 6 aromatic rings. The van der Waals surface area contributed by atoms with Gasteiger partial charge in [-0.05, 0) is 107 Å². The summed E-state index contributed by atoms with van der Waals surface area (Å²) in [4.78, 5) is 4.33. The van der Waals surface area contributed by atoms with Crippen LogP contribution in [0.15, 0.2) is 109 Å². The lowest BCUT2D eigenvalue weighted by atomic mass is 9.91. The molecule has 0 bridgehead atoms. The van der Waals surface area contributed by atoms with Crippen LogP contribution in [0.25, 0.3) is 20.9 Å². The first kappa shape index (κ1) is 46.2. The first-order valence-electron chi connectivity index (χ1n) is 19.3. The molecule has 4 heterocycles. The molecule has 10 atom stereocenters. The van der Waals surface area contributed by atoms with Crippen LogP contribution in [0.3, 0.4) is 0 Å². The smallest absolute Gasteiger partial charge is 0.184 e. The van der Waals surface area contributed by atoms with E-state index in [-0.39, 0.29) is 17.1 Å². The van der Waals surface area contributed by atoms with Gasteiger partial charge >= 0.3 is 0 Å². The molecule has 0 radical (unpaired) electrons. The second-order valence-electron chi connectivity index (χ2n) is 15.1. The Morgan fingerprint density at radius 2 is 0.820 bits per heavy atom. The highest BCUT2D eigenvalue weighted by molar-refractivity contribution is 7.15. The van der Waals surface area contributed by atoms with Crippen LogP contribution in [-0.2, 0) is 22.3 Å². The molecule has 2 fully saturated rings. The fraction of sp³-hybridized carbons (Fsp3) is 0.304. The van der Waals surface area contributed by atoms with Crippen LogP contribution in [0.5, 0.6) is 0 Å². The van der Waals surface area contributed by atoms with Gasteiger partial charge < -0.3 is 55.8 Å². The molecule has 11 nitrogen and oxygen atoms in total. The van der Waals surface area contributed by atoms with Crippen LogP contribution < -0.4 is 0 Å². The van der Waals surface area contributed by atoms with Crippen molar-refractivity contribution in [1.29, 1.82) is 0 Å². The first-order chi connectivity index (χ1) is 28.7. The lowest BCUT2D eigenvalue weighted by Gasteiger charge is -2.38. The Hall–Kier alpha value is -4.30. The zero-order chi connectivity index (χ0) is 42.8. The number of ether oxygens (including phenoxy) is 2. The number of rotatable bonds is 8. The molecule has 61 heavy (non-hydrogen) atoms. The SMILES string of the molecule is Cc1ccc([C@@H]2O[C@H](O)[C@@H](O)[C@H](O)[C@H]2O)cc1Cc1ccc(-c2ccc(F)cc2)s1.Cc1ccc([C@@H]2O[C@H](O)[C@@H](O)[C@H](O)[C@H]2O)cc1Cc1ccc(-c2ccc(F)cc2)s1.O. The Labute approximate surface area is 358 Å². The van der Waals surface area contributed by atoms with Crippen molar-refractivity contribution in [1.82, 2.24) is 0 Å². The summed E-state index contributed by atoms with van der Waals surface area (Å²) in [5.41, 5.74) is 7.30. The zero-order valence-electron chi connectivity index (χ0n) is 33.0. The minimum Gasteiger partial charge on any atom is -0.412 e. The van der Waals surface area contributed by atoms with Crippen LogP contribution in [0, 0.1) is 25.5 Å². The Kier molecular flexibility index (Phi) is 15.0. The average Bonchev–Trinajstić information content (AvgIpc) is 3.92. The van der Waals surface area contributed by atoms with Crippen molar-refractivity contribution in [2.45, 2.75) is 88.1 Å². The third-order valence-electron chi connectivity index (χ3n) is 10.9. The number of aryl methyl sites for hydroxylation is 2. The topological polar surface area (TPSA) is 212 Å². The van der Waals surface area contributed by atoms with E-state index in [4.69, 9.17) is 9.47 Å². The maximum Gasteiger partial charge on any atom is 0.184 e. The average molecular weight is 879 g/mol. The van der Waals surface area contributed by atoms with Crippen molar-refractivity contribution in [3.8, 4) is 20.9 Å². The number of thiophene rings is 2. The van der Waals surface area contributed by atoms with E-state index < -0.39 is 61.4 Å². The van der Waals surface area contributed by atoms with Gasteiger partial charge in [-0.3, -0.25) is 0 Å². The summed E-state index contributed by atoms with van der Waals surface area (Å²) in [6.45, 7) is 3.97. The fourth-order valence-corrected chi connectivity index (χ4v) is 9.32. The van der Waals surface area contributed by atoms with Crippen molar-refractivity contribution >= 4 is 22.7 Å². The predicted molar refractivity (Wildman–Crippen MR) is 227 cm³/mol. The van der Waals surface area contributed by atoms with Crippen LogP contribution in [0.1, 0.15) is 55.3 Å². The van der Waals surface area contributed by atoms with Gasteiger partial charge in [0.1, 0.15) is 60.5 Å². The third kappa shape index (κ3) is 10.5. The summed E-state index contributed by atoms with van der Waals surface area (Å²) >= 11 is 3.24. The third-order valence-corrected chi connectivity index (χ3v) is 13.2. The van der Waals surface area contributed by atoms with E-state index in [1.165, 1.54) is 24.3 Å². The van der Waals surface area contributed by atoms with E-state index in [1.807, 2.05) is 62.4 Å². The molecule has 2 saturated heterocycles. The van der Waals surface area contributed by atoms with Gasteiger partial charge in [0.15, 0.2) is 12.6 Å². The molecule has 4 aromatic carbocycles. The van der Waals surface area contributed by atoms with Gasteiger partial charge in [0, 0.05) is 32.4 Å². The van der Waals surface area contributed by atoms with Crippen LogP contribution in [0.4, 0.5) is 8.78 Å².